The molecule has 0 spiro atoms. The number of halogens is 1. The van der Waals surface area contributed by atoms with Crippen LogP contribution in [0.3, 0.4) is 0 Å². The van der Waals surface area contributed by atoms with Gasteiger partial charge in [0.2, 0.25) is 16.0 Å². The van der Waals surface area contributed by atoms with E-state index in [-0.39, 0.29) is 15.9 Å². The molecule has 2 heterocycles. The Balaban J connectivity index is 2.48. The van der Waals surface area contributed by atoms with E-state index in [1.807, 2.05) is 0 Å². The number of carbonyl (C=O) groups is 2. The summed E-state index contributed by atoms with van der Waals surface area (Å²) in [6, 6.07) is 1.40. The molecule has 1 aliphatic heterocycles. The Hall–Kier alpha value is -1.85. The quantitative estimate of drug-likeness (QED) is 0.691. The molecular formula is C16H22ClN3O6S2. The van der Waals surface area contributed by atoms with E-state index in [2.05, 4.69) is 15.0 Å². The van der Waals surface area contributed by atoms with Crippen LogP contribution in [0.2, 0.25) is 5.02 Å². The maximum Gasteiger partial charge on any atom is 0.414 e. The van der Waals surface area contributed by atoms with Crippen LogP contribution in [0.25, 0.3) is 0 Å². The van der Waals surface area contributed by atoms with Crippen molar-refractivity contribution in [3.05, 3.63) is 20.8 Å². The fourth-order valence-electron chi connectivity index (χ4n) is 2.48. The summed E-state index contributed by atoms with van der Waals surface area (Å²) in [5.74, 6) is -1.18. The minimum Gasteiger partial charge on any atom is -0.465 e. The summed E-state index contributed by atoms with van der Waals surface area (Å²) >= 11 is 7.24. The first-order valence-electron chi connectivity index (χ1n) is 8.13. The van der Waals surface area contributed by atoms with Crippen LogP contribution >= 0.6 is 22.9 Å². The average Bonchev–Trinajstić information content (AvgIpc) is 2.92. The molecule has 1 amide bonds. The number of methoxy groups -OCH3 is 1. The van der Waals surface area contributed by atoms with Crippen molar-refractivity contribution in [2.45, 2.75) is 38.8 Å². The molecule has 0 fully saturated rings. The van der Waals surface area contributed by atoms with E-state index in [4.69, 9.17) is 16.3 Å². The molecule has 0 aliphatic carbocycles. The molecule has 156 valence electrons. The van der Waals surface area contributed by atoms with Gasteiger partial charge in [-0.2, -0.15) is 0 Å². The fraction of sp³-hybridized carbons (Fsp3) is 0.562. The fourth-order valence-corrected chi connectivity index (χ4v) is 5.58. The highest BCUT2D eigenvalue weighted by atomic mass is 35.5. The summed E-state index contributed by atoms with van der Waals surface area (Å²) in [5.41, 5.74) is -2.09. The third kappa shape index (κ3) is 4.76. The average molecular weight is 452 g/mol. The summed E-state index contributed by atoms with van der Waals surface area (Å²) < 4.78 is 36.1. The standard InChI is InChI=1S/C16H22ClN3O6S2/c1-15(2,3)26-14(22)18-13-19-16(4,8-28(23,24)20(13)5)11-9(17)7-10(27-11)12(21)25-6/h7H,8H2,1-6H3,(H,18,19,22)/t16-/m0/s1. The van der Waals surface area contributed by atoms with Crippen molar-refractivity contribution in [3.8, 4) is 0 Å². The van der Waals surface area contributed by atoms with E-state index in [0.717, 1.165) is 15.6 Å². The van der Waals surface area contributed by atoms with Crippen LogP contribution in [0.5, 0.6) is 0 Å². The molecule has 1 atom stereocenters. The molecule has 1 aromatic heterocycles. The molecule has 0 saturated heterocycles. The van der Waals surface area contributed by atoms with E-state index in [1.54, 1.807) is 27.7 Å². The highest BCUT2D eigenvalue weighted by Gasteiger charge is 2.44. The molecule has 1 aliphatic rings. The van der Waals surface area contributed by atoms with Crippen molar-refractivity contribution in [3.63, 3.8) is 0 Å². The van der Waals surface area contributed by atoms with E-state index in [0.29, 0.717) is 4.88 Å². The van der Waals surface area contributed by atoms with Crippen LogP contribution in [0, 0.1) is 0 Å². The molecule has 12 heteroatoms. The number of sulfonamides is 1. The van der Waals surface area contributed by atoms with Crippen molar-refractivity contribution in [1.29, 1.82) is 0 Å². The molecule has 1 aromatic rings. The minimum absolute atomic E-state index is 0.188. The molecule has 0 unspecified atom stereocenters. The zero-order valence-electron chi connectivity index (χ0n) is 16.3. The number of nitrogens with zero attached hydrogens (tertiary/aromatic N) is 2. The number of thiophene rings is 1. The van der Waals surface area contributed by atoms with Gasteiger partial charge < -0.3 is 9.47 Å². The number of rotatable bonds is 2. The van der Waals surface area contributed by atoms with E-state index in [9.17, 15) is 18.0 Å². The maximum absolute atomic E-state index is 12.7. The lowest BCUT2D eigenvalue weighted by atomic mass is 10.0. The number of esters is 1. The molecule has 0 bridgehead atoms. The SMILES string of the molecule is COC(=O)c1cc(Cl)c([C@]2(C)CS(=O)(=O)N(C)C(NC(=O)OC(C)(C)C)=N2)s1. The second-order valence-electron chi connectivity index (χ2n) is 7.34. The summed E-state index contributed by atoms with van der Waals surface area (Å²) in [5, 5.41) is 2.56. The number of aliphatic imine (C=N–C) groups is 1. The van der Waals surface area contributed by atoms with Gasteiger partial charge in [0.15, 0.2) is 0 Å². The van der Waals surface area contributed by atoms with Crippen LogP contribution in [0.1, 0.15) is 42.2 Å². The molecule has 2 rings (SSSR count). The predicted molar refractivity (Wildman–Crippen MR) is 106 cm³/mol. The number of nitrogens with one attached hydrogen (secondary N) is 1. The molecule has 0 saturated carbocycles. The topological polar surface area (TPSA) is 114 Å². The smallest absolute Gasteiger partial charge is 0.414 e. The summed E-state index contributed by atoms with van der Waals surface area (Å²) in [6.45, 7) is 6.60. The number of amides is 1. The van der Waals surface area contributed by atoms with Crippen LogP contribution in [-0.2, 0) is 25.0 Å². The Kier molecular flexibility index (Phi) is 6.03. The number of guanidine groups is 1. The van der Waals surface area contributed by atoms with Crippen LogP contribution in [0.4, 0.5) is 4.79 Å². The van der Waals surface area contributed by atoms with Crippen molar-refractivity contribution in [2.75, 3.05) is 19.9 Å². The molecule has 9 nitrogen and oxygen atoms in total. The van der Waals surface area contributed by atoms with Gasteiger partial charge >= 0.3 is 12.1 Å². The van der Waals surface area contributed by atoms with Gasteiger partial charge in [0.1, 0.15) is 16.0 Å². The van der Waals surface area contributed by atoms with Gasteiger partial charge in [-0.1, -0.05) is 11.6 Å². The van der Waals surface area contributed by atoms with Gasteiger partial charge in [-0.25, -0.2) is 27.3 Å². The third-order valence-corrected chi connectivity index (χ3v) is 7.42. The second-order valence-corrected chi connectivity index (χ2v) is 10.8. The number of hydrogen-bond acceptors (Lipinski definition) is 8. The van der Waals surface area contributed by atoms with E-state index in [1.165, 1.54) is 20.2 Å². The predicted octanol–water partition coefficient (Wildman–Crippen LogP) is 2.56. The largest absolute Gasteiger partial charge is 0.465 e. The normalized spacial score (nSPS) is 21.7. The summed E-state index contributed by atoms with van der Waals surface area (Å²) in [7, 11) is -1.31. The Labute approximate surface area is 172 Å². The number of ether oxygens (including phenoxy) is 2. The van der Waals surface area contributed by atoms with Crippen molar-refractivity contribution < 1.29 is 27.5 Å². The molecular weight excluding hydrogens is 430 g/mol. The summed E-state index contributed by atoms with van der Waals surface area (Å²) in [6.07, 6.45) is -0.843. The molecule has 28 heavy (non-hydrogen) atoms. The van der Waals surface area contributed by atoms with Crippen molar-refractivity contribution in [2.24, 2.45) is 4.99 Å². The van der Waals surface area contributed by atoms with Crippen LogP contribution < -0.4 is 5.32 Å². The first kappa shape index (κ1) is 22.4. The lowest BCUT2D eigenvalue weighted by molar-refractivity contribution is 0.0557. The maximum atomic E-state index is 12.7. The minimum atomic E-state index is -3.82. The summed E-state index contributed by atoms with van der Waals surface area (Å²) in [4.78, 5) is 28.9. The Morgan fingerprint density at radius 2 is 2.00 bits per heavy atom. The van der Waals surface area contributed by atoms with Crippen LogP contribution in [-0.4, -0.2) is 56.3 Å². The van der Waals surface area contributed by atoms with Crippen LogP contribution in [0.15, 0.2) is 11.1 Å². The third-order valence-electron chi connectivity index (χ3n) is 3.71. The van der Waals surface area contributed by atoms with Crippen molar-refractivity contribution >= 4 is 51.0 Å². The second kappa shape index (κ2) is 7.53. The number of alkyl carbamates (subject to hydrolysis) is 1. The van der Waals surface area contributed by atoms with Crippen molar-refractivity contribution in [1.82, 2.24) is 9.62 Å². The van der Waals surface area contributed by atoms with Gasteiger partial charge in [-0.05, 0) is 33.8 Å². The number of carbonyl (C=O) groups excluding carboxylic acids is 2. The van der Waals surface area contributed by atoms with E-state index >= 15 is 0 Å². The van der Waals surface area contributed by atoms with Gasteiger partial charge in [0.05, 0.1) is 22.8 Å². The molecule has 0 aromatic carbocycles. The molecule has 1 N–H and O–H groups in total. The zero-order chi connectivity index (χ0) is 21.5. The zero-order valence-corrected chi connectivity index (χ0v) is 18.7. The Bertz CT molecular complexity index is 935. The lowest BCUT2D eigenvalue weighted by Gasteiger charge is -2.35. The molecule has 0 radical (unpaired) electrons. The van der Waals surface area contributed by atoms with E-state index < -0.39 is 39.0 Å². The monoisotopic (exact) mass is 451 g/mol. The van der Waals surface area contributed by atoms with Gasteiger partial charge in [-0.3, -0.25) is 5.32 Å². The van der Waals surface area contributed by atoms with Gasteiger partial charge in [0.25, 0.3) is 0 Å². The van der Waals surface area contributed by atoms with Gasteiger partial charge in [-0.15, -0.1) is 11.3 Å². The highest BCUT2D eigenvalue weighted by Crippen LogP contribution is 2.41. The number of hydrogen-bond donors (Lipinski definition) is 1. The highest BCUT2D eigenvalue weighted by molar-refractivity contribution is 7.89. The van der Waals surface area contributed by atoms with Gasteiger partial charge in [0, 0.05) is 7.05 Å². The Morgan fingerprint density at radius 3 is 2.54 bits per heavy atom. The lowest BCUT2D eigenvalue weighted by Crippen LogP contribution is -2.53. The first-order chi connectivity index (χ1) is 12.7. The first-order valence-corrected chi connectivity index (χ1v) is 10.9. The Morgan fingerprint density at radius 1 is 1.39 bits per heavy atom.